The second-order valence-electron chi connectivity index (χ2n) is 4.71. The van der Waals surface area contributed by atoms with E-state index >= 15 is 0 Å². The second-order valence-corrected chi connectivity index (χ2v) is 6.47. The quantitative estimate of drug-likeness (QED) is 0.885. The lowest BCUT2D eigenvalue weighted by Crippen LogP contribution is -2.38. The summed E-state index contributed by atoms with van der Waals surface area (Å²) < 4.78 is 26.2. The van der Waals surface area contributed by atoms with Crippen LogP contribution in [0.15, 0.2) is 24.3 Å². The fourth-order valence-corrected chi connectivity index (χ4v) is 2.88. The Morgan fingerprint density at radius 3 is 2.28 bits per heavy atom. The van der Waals surface area contributed by atoms with Gasteiger partial charge in [0.1, 0.15) is 6.04 Å². The molecule has 0 saturated heterocycles. The smallest absolute Gasteiger partial charge is 0.212 e. The van der Waals surface area contributed by atoms with Crippen molar-refractivity contribution in [3.05, 3.63) is 35.4 Å². The van der Waals surface area contributed by atoms with E-state index in [9.17, 15) is 8.42 Å². The van der Waals surface area contributed by atoms with Crippen LogP contribution in [0.4, 0.5) is 0 Å². The number of aryl methyl sites for hydroxylation is 1. The van der Waals surface area contributed by atoms with Gasteiger partial charge in [0, 0.05) is 0 Å². The molecule has 0 amide bonds. The molecule has 0 spiro atoms. The number of benzene rings is 1. The first-order chi connectivity index (χ1) is 8.34. The van der Waals surface area contributed by atoms with Gasteiger partial charge in [-0.15, -0.1) is 0 Å². The summed E-state index contributed by atoms with van der Waals surface area (Å²) in [6, 6.07) is 8.59. The number of sulfonamides is 1. The molecule has 1 aromatic carbocycles. The first-order valence-corrected chi connectivity index (χ1v) is 7.44. The first kappa shape index (κ1) is 14.7. The average molecular weight is 266 g/mol. The molecule has 1 unspecified atom stereocenters. The monoisotopic (exact) mass is 266 g/mol. The van der Waals surface area contributed by atoms with Gasteiger partial charge < -0.3 is 0 Å². The van der Waals surface area contributed by atoms with Crippen LogP contribution in [-0.2, 0) is 15.8 Å². The molecule has 1 N–H and O–H groups in total. The molecule has 0 fully saturated rings. The molecule has 0 aliphatic rings. The minimum absolute atomic E-state index is 0.0530. The summed E-state index contributed by atoms with van der Waals surface area (Å²) in [5.74, 6) is -0.152. The molecular weight excluding hydrogens is 248 g/mol. The summed E-state index contributed by atoms with van der Waals surface area (Å²) >= 11 is 0. The third-order valence-electron chi connectivity index (χ3n) is 2.59. The van der Waals surface area contributed by atoms with Crippen molar-refractivity contribution in [3.8, 4) is 6.07 Å². The van der Waals surface area contributed by atoms with Crippen LogP contribution in [0.1, 0.15) is 25.0 Å². The number of nitrogens with zero attached hydrogens (tertiary/aromatic N) is 1. The molecule has 1 rings (SSSR count). The van der Waals surface area contributed by atoms with Crippen LogP contribution in [0.25, 0.3) is 0 Å². The van der Waals surface area contributed by atoms with Gasteiger partial charge in [-0.3, -0.25) is 0 Å². The van der Waals surface area contributed by atoms with Gasteiger partial charge in [0.2, 0.25) is 10.0 Å². The van der Waals surface area contributed by atoms with Crippen molar-refractivity contribution in [2.75, 3.05) is 0 Å². The van der Waals surface area contributed by atoms with Gasteiger partial charge in [0.05, 0.1) is 11.8 Å². The summed E-state index contributed by atoms with van der Waals surface area (Å²) in [4.78, 5) is 0. The molecule has 0 bridgehead atoms. The third kappa shape index (κ3) is 4.47. The van der Waals surface area contributed by atoms with E-state index in [1.807, 2.05) is 39.0 Å². The van der Waals surface area contributed by atoms with Crippen molar-refractivity contribution in [1.29, 1.82) is 5.26 Å². The first-order valence-electron chi connectivity index (χ1n) is 5.79. The fourth-order valence-electron chi connectivity index (χ4n) is 1.45. The Hall–Kier alpha value is -1.38. The molecule has 18 heavy (non-hydrogen) atoms. The lowest BCUT2D eigenvalue weighted by Gasteiger charge is -2.15. The highest BCUT2D eigenvalue weighted by atomic mass is 32.2. The van der Waals surface area contributed by atoms with E-state index in [0.717, 1.165) is 5.56 Å². The largest absolute Gasteiger partial charge is 0.216 e. The van der Waals surface area contributed by atoms with E-state index < -0.39 is 16.1 Å². The highest BCUT2D eigenvalue weighted by molar-refractivity contribution is 7.88. The predicted molar refractivity (Wildman–Crippen MR) is 71.2 cm³/mol. The molecule has 0 radical (unpaired) electrons. The van der Waals surface area contributed by atoms with Gasteiger partial charge in [0.25, 0.3) is 0 Å². The molecule has 0 saturated carbocycles. The Morgan fingerprint density at radius 2 is 1.83 bits per heavy atom. The molecular formula is C13H18N2O2S. The molecule has 0 aromatic heterocycles. The molecule has 5 heteroatoms. The molecule has 1 atom stereocenters. The Bertz CT molecular complexity index is 527. The van der Waals surface area contributed by atoms with Gasteiger partial charge in [-0.2, -0.15) is 9.98 Å². The predicted octanol–water partition coefficient (Wildman–Crippen LogP) is 1.96. The summed E-state index contributed by atoms with van der Waals surface area (Å²) in [6.45, 7) is 5.56. The van der Waals surface area contributed by atoms with E-state index in [-0.39, 0.29) is 11.7 Å². The van der Waals surface area contributed by atoms with Crippen molar-refractivity contribution in [1.82, 2.24) is 4.72 Å². The highest BCUT2D eigenvalue weighted by Crippen LogP contribution is 2.09. The molecule has 0 aliphatic carbocycles. The highest BCUT2D eigenvalue weighted by Gasteiger charge is 2.20. The maximum Gasteiger partial charge on any atom is 0.216 e. The zero-order chi connectivity index (χ0) is 13.8. The fraction of sp³-hybridized carbons (Fsp3) is 0.462. The second kappa shape index (κ2) is 5.98. The minimum atomic E-state index is -3.48. The van der Waals surface area contributed by atoms with Crippen LogP contribution in [0.3, 0.4) is 0 Å². The molecule has 0 heterocycles. The zero-order valence-electron chi connectivity index (χ0n) is 10.8. The van der Waals surface area contributed by atoms with Crippen LogP contribution < -0.4 is 4.72 Å². The summed E-state index contributed by atoms with van der Waals surface area (Å²) in [5.41, 5.74) is 1.80. The Kier molecular flexibility index (Phi) is 4.88. The minimum Gasteiger partial charge on any atom is -0.212 e. The molecule has 0 aliphatic heterocycles. The van der Waals surface area contributed by atoms with Crippen LogP contribution in [0, 0.1) is 24.2 Å². The van der Waals surface area contributed by atoms with E-state index in [2.05, 4.69) is 4.72 Å². The Labute approximate surface area is 109 Å². The van der Waals surface area contributed by atoms with Crippen molar-refractivity contribution < 1.29 is 8.42 Å². The average Bonchev–Trinajstić information content (AvgIpc) is 2.28. The topological polar surface area (TPSA) is 70.0 Å². The maximum absolute atomic E-state index is 11.9. The van der Waals surface area contributed by atoms with E-state index in [1.54, 1.807) is 12.1 Å². The summed E-state index contributed by atoms with van der Waals surface area (Å²) in [6.07, 6.45) is 0. The van der Waals surface area contributed by atoms with Crippen LogP contribution in [0.2, 0.25) is 0 Å². The van der Waals surface area contributed by atoms with Crippen LogP contribution in [-0.4, -0.2) is 14.5 Å². The van der Waals surface area contributed by atoms with Gasteiger partial charge in [-0.1, -0.05) is 43.7 Å². The number of hydrogen-bond donors (Lipinski definition) is 1. The lowest BCUT2D eigenvalue weighted by atomic mass is 10.1. The van der Waals surface area contributed by atoms with Crippen LogP contribution in [0.5, 0.6) is 0 Å². The molecule has 98 valence electrons. The normalized spacial score (nSPS) is 13.3. The van der Waals surface area contributed by atoms with E-state index in [1.165, 1.54) is 0 Å². The number of rotatable bonds is 5. The number of nitriles is 1. The number of nitrogens with one attached hydrogen (secondary N) is 1. The number of hydrogen-bond acceptors (Lipinski definition) is 3. The summed E-state index contributed by atoms with van der Waals surface area (Å²) in [7, 11) is -3.48. The Morgan fingerprint density at radius 1 is 1.28 bits per heavy atom. The van der Waals surface area contributed by atoms with Gasteiger partial charge in [-0.05, 0) is 18.4 Å². The summed E-state index contributed by atoms with van der Waals surface area (Å²) in [5, 5.41) is 8.89. The Balaban J connectivity index is 2.77. The zero-order valence-corrected chi connectivity index (χ0v) is 11.7. The van der Waals surface area contributed by atoms with Crippen molar-refractivity contribution in [2.24, 2.45) is 5.92 Å². The lowest BCUT2D eigenvalue weighted by molar-refractivity contribution is 0.514. The van der Waals surface area contributed by atoms with Crippen molar-refractivity contribution >= 4 is 10.0 Å². The maximum atomic E-state index is 11.9. The molecule has 1 aromatic rings. The van der Waals surface area contributed by atoms with Crippen molar-refractivity contribution in [3.63, 3.8) is 0 Å². The van der Waals surface area contributed by atoms with Crippen LogP contribution >= 0.6 is 0 Å². The van der Waals surface area contributed by atoms with Gasteiger partial charge >= 0.3 is 0 Å². The van der Waals surface area contributed by atoms with E-state index in [4.69, 9.17) is 5.26 Å². The third-order valence-corrected chi connectivity index (χ3v) is 3.92. The molecule has 4 nitrogen and oxygen atoms in total. The standard InChI is InChI=1S/C13H18N2O2S/c1-10(2)13(8-14)15-18(16,17)9-12-6-4-11(3)5-7-12/h4-7,10,13,15H,9H2,1-3H3. The SMILES string of the molecule is Cc1ccc(CS(=O)(=O)NC(C#N)C(C)C)cc1. The van der Waals surface area contributed by atoms with E-state index in [0.29, 0.717) is 5.56 Å². The van der Waals surface area contributed by atoms with Crippen molar-refractivity contribution in [2.45, 2.75) is 32.6 Å². The van der Waals surface area contributed by atoms with Gasteiger partial charge in [-0.25, -0.2) is 8.42 Å². The van der Waals surface area contributed by atoms with Gasteiger partial charge in [0.15, 0.2) is 0 Å².